The molecule has 1 rings (SSSR count). The first-order chi connectivity index (χ1) is 12.1. The number of carbonyl (C=O) groups excluding carboxylic acids is 2. The van der Waals surface area contributed by atoms with Crippen molar-refractivity contribution >= 4 is 23.4 Å². The van der Waals surface area contributed by atoms with Crippen LogP contribution >= 0.6 is 0 Å². The molecule has 0 aliphatic heterocycles. The molecular weight excluding hydrogens is 340 g/mol. The number of carbonyl (C=O) groups is 2. The summed E-state index contributed by atoms with van der Waals surface area (Å²) in [4.78, 5) is 23.5. The summed E-state index contributed by atoms with van der Waals surface area (Å²) in [6.07, 6.45) is 1.33. The third-order valence-electron chi connectivity index (χ3n) is 3.30. The molecule has 0 radical (unpaired) electrons. The van der Waals surface area contributed by atoms with Gasteiger partial charge in [0.15, 0.2) is 0 Å². The average Bonchev–Trinajstić information content (AvgIpc) is 2.53. The average molecular weight is 367 g/mol. The SMILES string of the molecule is CC(C)(C)OC(=O)NCCCC[C@H](N)C(=O)Nc1ccc(N([O-])O)cc1. The summed E-state index contributed by atoms with van der Waals surface area (Å²) in [6.45, 7) is 5.81. The number of alkyl carbamates (subject to hydrolysis) is 1. The molecule has 146 valence electrons. The lowest BCUT2D eigenvalue weighted by molar-refractivity contribution is -0.117. The molecule has 0 fully saturated rings. The normalized spacial score (nSPS) is 12.2. The minimum atomic E-state index is -0.690. The van der Waals surface area contributed by atoms with Crippen molar-refractivity contribution in [1.29, 1.82) is 0 Å². The summed E-state index contributed by atoms with van der Waals surface area (Å²) in [7, 11) is 0. The quantitative estimate of drug-likeness (QED) is 0.408. The van der Waals surface area contributed by atoms with Crippen LogP contribution in [0.4, 0.5) is 16.2 Å². The van der Waals surface area contributed by atoms with E-state index in [1.165, 1.54) is 24.3 Å². The van der Waals surface area contributed by atoms with Gasteiger partial charge in [-0.25, -0.2) is 4.79 Å². The highest BCUT2D eigenvalue weighted by atomic mass is 16.8. The highest BCUT2D eigenvalue weighted by Gasteiger charge is 2.16. The van der Waals surface area contributed by atoms with Crippen LogP contribution in [0.1, 0.15) is 40.0 Å². The fourth-order valence-electron chi connectivity index (χ4n) is 2.03. The van der Waals surface area contributed by atoms with Crippen LogP contribution in [0.15, 0.2) is 24.3 Å². The van der Waals surface area contributed by atoms with Crippen molar-refractivity contribution in [2.75, 3.05) is 17.1 Å². The van der Waals surface area contributed by atoms with Crippen molar-refractivity contribution in [3.63, 3.8) is 0 Å². The maximum absolute atomic E-state index is 12.0. The number of nitrogens with zero attached hydrogens (tertiary/aromatic N) is 1. The molecule has 0 bridgehead atoms. The number of hydrogen-bond donors (Lipinski definition) is 4. The molecule has 9 nitrogen and oxygen atoms in total. The first-order valence-electron chi connectivity index (χ1n) is 8.38. The molecule has 1 aromatic carbocycles. The molecule has 1 atom stereocenters. The second-order valence-electron chi connectivity index (χ2n) is 6.84. The fraction of sp³-hybridized carbons (Fsp3) is 0.529. The summed E-state index contributed by atoms with van der Waals surface area (Å²) in [5, 5.41) is 24.5. The van der Waals surface area contributed by atoms with Gasteiger partial charge < -0.3 is 31.5 Å². The van der Waals surface area contributed by atoms with Gasteiger partial charge in [0.25, 0.3) is 0 Å². The molecule has 0 saturated heterocycles. The number of benzene rings is 1. The molecule has 0 aliphatic rings. The number of anilines is 2. The molecule has 26 heavy (non-hydrogen) atoms. The van der Waals surface area contributed by atoms with Crippen LogP contribution in [0.5, 0.6) is 0 Å². The van der Waals surface area contributed by atoms with Gasteiger partial charge in [-0.3, -0.25) is 10.0 Å². The van der Waals surface area contributed by atoms with Crippen LogP contribution in [-0.4, -0.2) is 35.4 Å². The van der Waals surface area contributed by atoms with E-state index in [-0.39, 0.29) is 16.8 Å². The van der Waals surface area contributed by atoms with E-state index in [0.717, 1.165) is 0 Å². The number of nitrogens with two attached hydrogens (primary N) is 1. The number of unbranched alkanes of at least 4 members (excludes halogenated alkanes) is 1. The van der Waals surface area contributed by atoms with Gasteiger partial charge in [-0.2, -0.15) is 0 Å². The Labute approximate surface area is 153 Å². The predicted octanol–water partition coefficient (Wildman–Crippen LogP) is 2.34. The van der Waals surface area contributed by atoms with Crippen LogP contribution < -0.4 is 21.6 Å². The van der Waals surface area contributed by atoms with E-state index in [4.69, 9.17) is 15.7 Å². The summed E-state index contributed by atoms with van der Waals surface area (Å²) in [6, 6.07) is 5.04. The van der Waals surface area contributed by atoms with Crippen LogP contribution in [0, 0.1) is 5.21 Å². The Balaban J connectivity index is 2.25. The van der Waals surface area contributed by atoms with Gasteiger partial charge in [-0.15, -0.1) is 0 Å². The summed E-state index contributed by atoms with van der Waals surface area (Å²) in [5.74, 6) is -0.346. The second-order valence-corrected chi connectivity index (χ2v) is 6.84. The highest BCUT2D eigenvalue weighted by Crippen LogP contribution is 2.16. The number of ether oxygens (including phenoxy) is 1. The van der Waals surface area contributed by atoms with Crippen molar-refractivity contribution in [3.8, 4) is 0 Å². The molecule has 0 aliphatic carbocycles. The minimum absolute atomic E-state index is 0.0600. The first kappa shape index (κ1) is 21.7. The summed E-state index contributed by atoms with van der Waals surface area (Å²) >= 11 is 0. The van der Waals surface area contributed by atoms with Gasteiger partial charge in [-0.05, 0) is 64.3 Å². The minimum Gasteiger partial charge on any atom is -0.733 e. The molecule has 0 spiro atoms. The van der Waals surface area contributed by atoms with Crippen LogP contribution in [0.3, 0.4) is 0 Å². The van der Waals surface area contributed by atoms with Gasteiger partial charge in [-0.1, -0.05) is 0 Å². The standard InChI is InChI=1S/C17H27N4O5/c1-17(2,3)26-16(23)19-11-5-4-6-14(18)15(22)20-12-7-9-13(10-8-12)21(24)25/h7-10,14,24H,4-6,11,18H2,1-3H3,(H,19,23)(H,20,22)/q-1/t14-/m0/s1. The summed E-state index contributed by atoms with van der Waals surface area (Å²) in [5.41, 5.74) is 5.84. The van der Waals surface area contributed by atoms with Crippen LogP contribution in [0.25, 0.3) is 0 Å². The van der Waals surface area contributed by atoms with Crippen molar-refractivity contribution in [2.24, 2.45) is 5.73 Å². The van der Waals surface area contributed by atoms with Crippen molar-refractivity contribution in [1.82, 2.24) is 5.32 Å². The van der Waals surface area contributed by atoms with Crippen LogP contribution in [0.2, 0.25) is 0 Å². The van der Waals surface area contributed by atoms with E-state index in [1.54, 1.807) is 20.8 Å². The van der Waals surface area contributed by atoms with E-state index in [1.807, 2.05) is 0 Å². The molecule has 2 amide bonds. The number of rotatable bonds is 8. The van der Waals surface area contributed by atoms with Gasteiger partial charge in [0, 0.05) is 12.2 Å². The zero-order valence-electron chi connectivity index (χ0n) is 15.3. The fourth-order valence-corrected chi connectivity index (χ4v) is 2.03. The molecule has 5 N–H and O–H groups in total. The smallest absolute Gasteiger partial charge is 0.407 e. The van der Waals surface area contributed by atoms with E-state index < -0.39 is 17.7 Å². The molecule has 0 heterocycles. The second kappa shape index (κ2) is 9.95. The Morgan fingerprint density at radius 2 is 1.88 bits per heavy atom. The third-order valence-corrected chi connectivity index (χ3v) is 3.30. The van der Waals surface area contributed by atoms with Crippen molar-refractivity contribution in [3.05, 3.63) is 29.5 Å². The molecule has 1 aromatic rings. The van der Waals surface area contributed by atoms with E-state index >= 15 is 0 Å². The van der Waals surface area contributed by atoms with Gasteiger partial charge >= 0.3 is 6.09 Å². The molecule has 0 aromatic heterocycles. The zero-order valence-corrected chi connectivity index (χ0v) is 15.3. The van der Waals surface area contributed by atoms with Gasteiger partial charge in [0.05, 0.1) is 11.7 Å². The molecule has 0 unspecified atom stereocenters. The molecular formula is C17H27N4O5-. The number of amides is 2. The largest absolute Gasteiger partial charge is 0.733 e. The Bertz CT molecular complexity index is 584. The lowest BCUT2D eigenvalue weighted by atomic mass is 10.1. The highest BCUT2D eigenvalue weighted by molar-refractivity contribution is 5.94. The van der Waals surface area contributed by atoms with E-state index in [2.05, 4.69) is 10.6 Å². The van der Waals surface area contributed by atoms with Gasteiger partial charge in [0.2, 0.25) is 5.91 Å². The summed E-state index contributed by atoms with van der Waals surface area (Å²) < 4.78 is 5.12. The lowest BCUT2D eigenvalue weighted by Gasteiger charge is -2.21. The van der Waals surface area contributed by atoms with E-state index in [9.17, 15) is 14.8 Å². The van der Waals surface area contributed by atoms with E-state index in [0.29, 0.717) is 31.5 Å². The Hall–Kier alpha value is -2.36. The zero-order chi connectivity index (χ0) is 19.7. The Morgan fingerprint density at radius 1 is 1.27 bits per heavy atom. The van der Waals surface area contributed by atoms with Crippen molar-refractivity contribution < 1.29 is 19.5 Å². The Morgan fingerprint density at radius 3 is 2.42 bits per heavy atom. The molecule has 0 saturated carbocycles. The predicted molar refractivity (Wildman–Crippen MR) is 98.8 cm³/mol. The van der Waals surface area contributed by atoms with Crippen molar-refractivity contribution in [2.45, 2.75) is 51.7 Å². The number of nitrogens with one attached hydrogen (secondary N) is 2. The maximum Gasteiger partial charge on any atom is 0.407 e. The van der Waals surface area contributed by atoms with Gasteiger partial charge in [0.1, 0.15) is 5.60 Å². The third kappa shape index (κ3) is 8.65. The molecule has 9 heteroatoms. The number of hydrogen-bond acceptors (Lipinski definition) is 7. The first-order valence-corrected chi connectivity index (χ1v) is 8.38. The maximum atomic E-state index is 12.0. The monoisotopic (exact) mass is 367 g/mol. The van der Waals surface area contributed by atoms with Crippen LogP contribution in [-0.2, 0) is 9.53 Å². The topological polar surface area (TPSA) is 140 Å². The lowest BCUT2D eigenvalue weighted by Crippen LogP contribution is -2.36. The Kier molecular flexibility index (Phi) is 8.30.